The second-order valence-electron chi connectivity index (χ2n) is 5.20. The molecule has 0 saturated carbocycles. The summed E-state index contributed by atoms with van der Waals surface area (Å²) < 4.78 is 1.12. The van der Waals surface area contributed by atoms with Crippen molar-refractivity contribution in [3.8, 4) is 0 Å². The molecule has 108 valence electrons. The lowest BCUT2D eigenvalue weighted by Gasteiger charge is -2.15. The van der Waals surface area contributed by atoms with Crippen molar-refractivity contribution in [2.75, 3.05) is 11.9 Å². The quantitative estimate of drug-likeness (QED) is 0.593. The summed E-state index contributed by atoms with van der Waals surface area (Å²) in [5, 5.41) is 7.21. The van der Waals surface area contributed by atoms with Crippen molar-refractivity contribution >= 4 is 38.9 Å². The Morgan fingerprint density at radius 3 is 2.90 bits per heavy atom. The third kappa shape index (κ3) is 4.91. The molecule has 0 amide bonds. The first-order chi connectivity index (χ1) is 9.65. The molecule has 0 bridgehead atoms. The van der Waals surface area contributed by atoms with Gasteiger partial charge in [-0.3, -0.25) is 0 Å². The predicted octanol–water partition coefficient (Wildman–Crippen LogP) is 4.93. The van der Waals surface area contributed by atoms with Gasteiger partial charge < -0.3 is 10.6 Å². The Bertz CT molecular complexity index is 511. The number of thiocarbonyl (C=S) groups is 1. The molecule has 2 rings (SSSR count). The van der Waals surface area contributed by atoms with E-state index in [-0.39, 0.29) is 0 Å². The fourth-order valence-electron chi connectivity index (χ4n) is 2.37. The van der Waals surface area contributed by atoms with E-state index in [2.05, 4.69) is 45.6 Å². The highest BCUT2D eigenvalue weighted by molar-refractivity contribution is 9.10. The maximum Gasteiger partial charge on any atom is 0.170 e. The molecule has 0 heterocycles. The zero-order valence-electron chi connectivity index (χ0n) is 11.8. The van der Waals surface area contributed by atoms with Crippen molar-refractivity contribution in [1.82, 2.24) is 5.32 Å². The molecule has 4 heteroatoms. The largest absolute Gasteiger partial charge is 0.362 e. The van der Waals surface area contributed by atoms with E-state index >= 15 is 0 Å². The normalized spacial score (nSPS) is 14.6. The third-order valence-corrected chi connectivity index (χ3v) is 4.67. The Hall–Kier alpha value is -0.870. The van der Waals surface area contributed by atoms with Crippen molar-refractivity contribution < 1.29 is 0 Å². The predicted molar refractivity (Wildman–Crippen MR) is 94.3 cm³/mol. The van der Waals surface area contributed by atoms with Crippen molar-refractivity contribution in [3.05, 3.63) is 39.9 Å². The van der Waals surface area contributed by atoms with Gasteiger partial charge in [0, 0.05) is 16.7 Å². The zero-order chi connectivity index (χ0) is 14.4. The van der Waals surface area contributed by atoms with Gasteiger partial charge in [-0.15, -0.1) is 0 Å². The van der Waals surface area contributed by atoms with Gasteiger partial charge in [0.15, 0.2) is 5.11 Å². The van der Waals surface area contributed by atoms with Crippen LogP contribution in [-0.2, 0) is 0 Å². The first kappa shape index (κ1) is 15.5. The smallest absolute Gasteiger partial charge is 0.170 e. The summed E-state index contributed by atoms with van der Waals surface area (Å²) in [6.45, 7) is 2.98. The zero-order valence-corrected chi connectivity index (χ0v) is 14.2. The number of aryl methyl sites for hydroxylation is 1. The van der Waals surface area contributed by atoms with Gasteiger partial charge in [-0.05, 0) is 75.0 Å². The van der Waals surface area contributed by atoms with Gasteiger partial charge in [0.25, 0.3) is 0 Å². The minimum atomic E-state index is 0.697. The van der Waals surface area contributed by atoms with Crippen molar-refractivity contribution in [2.45, 2.75) is 39.0 Å². The molecule has 0 aliphatic heterocycles. The minimum Gasteiger partial charge on any atom is -0.362 e. The number of hydrogen-bond donors (Lipinski definition) is 2. The van der Waals surface area contributed by atoms with E-state index in [1.807, 2.05) is 12.1 Å². The molecule has 2 N–H and O–H groups in total. The molecule has 0 spiro atoms. The molecule has 0 atom stereocenters. The van der Waals surface area contributed by atoms with Crippen LogP contribution in [0.2, 0.25) is 0 Å². The molecule has 0 saturated heterocycles. The molecule has 0 radical (unpaired) electrons. The second-order valence-corrected chi connectivity index (χ2v) is 6.47. The highest BCUT2D eigenvalue weighted by Crippen LogP contribution is 2.20. The number of benzene rings is 1. The summed E-state index contributed by atoms with van der Waals surface area (Å²) in [7, 11) is 0. The lowest BCUT2D eigenvalue weighted by Crippen LogP contribution is -2.29. The van der Waals surface area contributed by atoms with E-state index in [0.29, 0.717) is 5.11 Å². The minimum absolute atomic E-state index is 0.697. The van der Waals surface area contributed by atoms with Gasteiger partial charge in [0.1, 0.15) is 0 Å². The molecular weight excluding hydrogens is 332 g/mol. The van der Waals surface area contributed by atoms with Crippen LogP contribution in [0.1, 0.15) is 37.7 Å². The average molecular weight is 353 g/mol. The summed E-state index contributed by atoms with van der Waals surface area (Å²) in [6, 6.07) is 6.14. The highest BCUT2D eigenvalue weighted by atomic mass is 79.9. The van der Waals surface area contributed by atoms with Crippen molar-refractivity contribution in [3.63, 3.8) is 0 Å². The number of nitrogens with one attached hydrogen (secondary N) is 2. The highest BCUT2D eigenvalue weighted by Gasteiger charge is 2.04. The van der Waals surface area contributed by atoms with Crippen LogP contribution < -0.4 is 10.6 Å². The van der Waals surface area contributed by atoms with Gasteiger partial charge >= 0.3 is 0 Å². The Kier molecular flexibility index (Phi) is 6.05. The number of hydrogen-bond acceptors (Lipinski definition) is 1. The van der Waals surface area contributed by atoms with Crippen LogP contribution in [0, 0.1) is 6.92 Å². The number of rotatable bonds is 4. The maximum absolute atomic E-state index is 5.33. The monoisotopic (exact) mass is 352 g/mol. The van der Waals surface area contributed by atoms with Crippen molar-refractivity contribution in [2.24, 2.45) is 0 Å². The molecule has 20 heavy (non-hydrogen) atoms. The molecule has 1 aliphatic rings. The number of anilines is 1. The van der Waals surface area contributed by atoms with Gasteiger partial charge in [-0.25, -0.2) is 0 Å². The van der Waals surface area contributed by atoms with Crippen molar-refractivity contribution in [1.29, 1.82) is 0 Å². The van der Waals surface area contributed by atoms with Gasteiger partial charge in [-0.2, -0.15) is 0 Å². The Morgan fingerprint density at radius 2 is 2.20 bits per heavy atom. The molecule has 1 aliphatic carbocycles. The molecule has 0 fully saturated rings. The van der Waals surface area contributed by atoms with Crippen LogP contribution in [0.25, 0.3) is 0 Å². The van der Waals surface area contributed by atoms with E-state index < -0.39 is 0 Å². The summed E-state index contributed by atoms with van der Waals surface area (Å²) in [5.74, 6) is 0. The standard InChI is InChI=1S/C16H21BrN2S/c1-12-11-14(7-8-15(12)17)19-16(20)18-10-9-13-5-3-2-4-6-13/h5,7-8,11H,2-4,6,9-10H2,1H3,(H2,18,19,20). The molecular formula is C16H21BrN2S. The maximum atomic E-state index is 5.33. The summed E-state index contributed by atoms with van der Waals surface area (Å²) >= 11 is 8.82. The van der Waals surface area contributed by atoms with Gasteiger partial charge in [0.05, 0.1) is 0 Å². The molecule has 0 unspecified atom stereocenters. The van der Waals surface area contributed by atoms with Crippen LogP contribution in [0.4, 0.5) is 5.69 Å². The lowest BCUT2D eigenvalue weighted by molar-refractivity contribution is 0.669. The molecule has 2 nitrogen and oxygen atoms in total. The van der Waals surface area contributed by atoms with E-state index in [1.54, 1.807) is 5.57 Å². The fourth-order valence-corrected chi connectivity index (χ4v) is 2.83. The summed E-state index contributed by atoms with van der Waals surface area (Å²) in [4.78, 5) is 0. The Labute approximate surface area is 135 Å². The van der Waals surface area contributed by atoms with Crippen LogP contribution in [0.3, 0.4) is 0 Å². The number of halogens is 1. The lowest BCUT2D eigenvalue weighted by atomic mass is 9.97. The second kappa shape index (κ2) is 7.79. The first-order valence-electron chi connectivity index (χ1n) is 7.14. The molecule has 1 aromatic carbocycles. The molecule has 0 aromatic heterocycles. The first-order valence-corrected chi connectivity index (χ1v) is 8.34. The topological polar surface area (TPSA) is 24.1 Å². The number of allylic oxidation sites excluding steroid dienone is 1. The van der Waals surface area contributed by atoms with E-state index in [0.717, 1.165) is 23.1 Å². The summed E-state index contributed by atoms with van der Waals surface area (Å²) in [6.07, 6.45) is 8.68. The third-order valence-electron chi connectivity index (χ3n) is 3.53. The van der Waals surface area contributed by atoms with Crippen LogP contribution >= 0.6 is 28.1 Å². The van der Waals surface area contributed by atoms with Gasteiger partial charge in [0.2, 0.25) is 0 Å². The van der Waals surface area contributed by atoms with Gasteiger partial charge in [-0.1, -0.05) is 27.6 Å². The molecule has 1 aromatic rings. The SMILES string of the molecule is Cc1cc(NC(=S)NCCC2=CCCCC2)ccc1Br. The van der Waals surface area contributed by atoms with E-state index in [9.17, 15) is 0 Å². The van der Waals surface area contributed by atoms with E-state index in [1.165, 1.54) is 31.2 Å². The van der Waals surface area contributed by atoms with Crippen LogP contribution in [0.15, 0.2) is 34.3 Å². The van der Waals surface area contributed by atoms with E-state index in [4.69, 9.17) is 12.2 Å². The van der Waals surface area contributed by atoms with Crippen LogP contribution in [-0.4, -0.2) is 11.7 Å². The average Bonchev–Trinajstić information content (AvgIpc) is 2.44. The Morgan fingerprint density at radius 1 is 1.35 bits per heavy atom. The van der Waals surface area contributed by atoms with Crippen LogP contribution in [0.5, 0.6) is 0 Å². The summed E-state index contributed by atoms with van der Waals surface area (Å²) in [5.41, 5.74) is 3.80. The fraction of sp³-hybridized carbons (Fsp3) is 0.438. The Balaban J connectivity index is 1.74.